The van der Waals surface area contributed by atoms with E-state index in [-0.39, 0.29) is 18.5 Å². The minimum absolute atomic E-state index is 0.0143. The maximum absolute atomic E-state index is 12.6. The van der Waals surface area contributed by atoms with Crippen molar-refractivity contribution in [1.29, 1.82) is 0 Å². The molecule has 0 aromatic heterocycles. The highest BCUT2D eigenvalue weighted by atomic mass is 16.5. The molecule has 1 amide bonds. The molecule has 0 heterocycles. The van der Waals surface area contributed by atoms with Crippen LogP contribution in [0.25, 0.3) is 0 Å². The fourth-order valence-electron chi connectivity index (χ4n) is 13.2. The Kier molecular flexibility index (Phi) is 79.3. The molecule has 0 aliphatic carbocycles. The molecule has 0 aliphatic rings. The highest BCUT2D eigenvalue weighted by Crippen LogP contribution is 2.20. The number of carbonyl (C=O) groups excluding carboxylic acids is 2. The second kappa shape index (κ2) is 81.2. The number of carbonyl (C=O) groups is 2. The molecule has 92 heavy (non-hydrogen) atoms. The molecule has 6 heteroatoms. The fourth-order valence-corrected chi connectivity index (χ4v) is 13.2. The minimum atomic E-state index is -0.845. The summed E-state index contributed by atoms with van der Waals surface area (Å²) in [5, 5.41) is 23.3. The molecule has 0 aliphatic heterocycles. The smallest absolute Gasteiger partial charge is 0.305 e. The standard InChI is InChI=1S/C86H163NO5/c1-3-5-7-9-11-13-15-17-19-21-23-24-25-33-36-39-43-46-50-54-58-62-66-70-74-78-84(89)83(82-88)87-85(90)79-75-71-67-63-59-55-51-47-44-40-37-34-31-29-27-26-28-30-32-35-38-41-45-49-53-57-61-65-69-73-77-81-92-86(91)80-76-72-68-64-60-56-52-48-42-22-20-18-16-14-12-10-8-6-4-2/h12,14,18,20,28,30,74,78,83-84,88-89H,3-11,13,15-17,19,21-27,29,31-73,75-77,79-82H2,1-2H3,(H,87,90)/b14-12-,20-18-,30-28-,78-74+. The molecule has 0 bridgehead atoms. The Morgan fingerprint density at radius 2 is 0.543 bits per heavy atom. The molecule has 0 saturated carbocycles. The number of esters is 1. The molecule has 6 nitrogen and oxygen atoms in total. The molecule has 0 aromatic rings. The van der Waals surface area contributed by atoms with Crippen molar-refractivity contribution in [2.75, 3.05) is 13.2 Å². The zero-order valence-electron chi connectivity index (χ0n) is 62.3. The number of ether oxygens (including phenoxy) is 1. The molecule has 0 aromatic carbocycles. The highest BCUT2D eigenvalue weighted by molar-refractivity contribution is 5.76. The van der Waals surface area contributed by atoms with Gasteiger partial charge in [-0.05, 0) is 89.9 Å². The topological polar surface area (TPSA) is 95.9 Å². The summed E-state index contributed by atoms with van der Waals surface area (Å²) in [6.07, 6.45) is 108. The largest absolute Gasteiger partial charge is 0.466 e. The van der Waals surface area contributed by atoms with Gasteiger partial charge in [0.25, 0.3) is 0 Å². The number of hydrogen-bond acceptors (Lipinski definition) is 5. The molecule has 3 N–H and O–H groups in total. The summed E-state index contributed by atoms with van der Waals surface area (Å²) in [6, 6.07) is -0.629. The lowest BCUT2D eigenvalue weighted by Gasteiger charge is -2.20. The SMILES string of the molecule is CCCCC/C=C\C/C=C\CCCCCCCCCCCC(=O)OCCCCCCCCCCCCCC/C=C\CCCCCCCCCCCCCCCCCC(=O)NC(CO)C(O)/C=C/CCCCCCCCCCCCCCCCCCCCCCCCC. The van der Waals surface area contributed by atoms with E-state index >= 15 is 0 Å². The molecule has 0 rings (SSSR count). The van der Waals surface area contributed by atoms with Crippen molar-refractivity contribution < 1.29 is 24.5 Å². The lowest BCUT2D eigenvalue weighted by atomic mass is 10.0. The Hall–Kier alpha value is -2.18. The summed E-state index contributed by atoms with van der Waals surface area (Å²) in [6.45, 7) is 4.93. The van der Waals surface area contributed by atoms with Crippen molar-refractivity contribution in [3.8, 4) is 0 Å². The lowest BCUT2D eigenvalue weighted by molar-refractivity contribution is -0.143. The van der Waals surface area contributed by atoms with Crippen LogP contribution in [0, 0.1) is 0 Å². The van der Waals surface area contributed by atoms with Gasteiger partial charge in [0.1, 0.15) is 0 Å². The van der Waals surface area contributed by atoms with Gasteiger partial charge in [-0.15, -0.1) is 0 Å². The summed E-state index contributed by atoms with van der Waals surface area (Å²) in [7, 11) is 0. The van der Waals surface area contributed by atoms with Crippen LogP contribution in [-0.4, -0.2) is 47.4 Å². The normalized spacial score (nSPS) is 12.7. The maximum Gasteiger partial charge on any atom is 0.305 e. The van der Waals surface area contributed by atoms with Crippen molar-refractivity contribution in [3.05, 3.63) is 48.6 Å². The molecule has 0 spiro atoms. The average Bonchev–Trinajstić information content (AvgIpc) is 3.60. The van der Waals surface area contributed by atoms with Crippen LogP contribution in [0.4, 0.5) is 0 Å². The van der Waals surface area contributed by atoms with E-state index in [0.29, 0.717) is 19.4 Å². The maximum atomic E-state index is 12.6. The molecular weight excluding hydrogens is 1130 g/mol. The van der Waals surface area contributed by atoms with Crippen LogP contribution in [0.1, 0.15) is 463 Å². The third-order valence-electron chi connectivity index (χ3n) is 19.6. The third-order valence-corrected chi connectivity index (χ3v) is 19.6. The third kappa shape index (κ3) is 76.8. The van der Waals surface area contributed by atoms with Crippen LogP contribution < -0.4 is 5.32 Å². The van der Waals surface area contributed by atoms with E-state index in [9.17, 15) is 19.8 Å². The Bertz CT molecular complexity index is 1540. The monoisotopic (exact) mass is 1290 g/mol. The van der Waals surface area contributed by atoms with E-state index in [1.807, 2.05) is 6.08 Å². The van der Waals surface area contributed by atoms with Gasteiger partial charge in [0.05, 0.1) is 25.4 Å². The second-order valence-corrected chi connectivity index (χ2v) is 28.8. The zero-order valence-corrected chi connectivity index (χ0v) is 62.3. The second-order valence-electron chi connectivity index (χ2n) is 28.8. The van der Waals surface area contributed by atoms with Gasteiger partial charge in [-0.1, -0.05) is 409 Å². The van der Waals surface area contributed by atoms with E-state index < -0.39 is 12.1 Å². The van der Waals surface area contributed by atoms with Gasteiger partial charge in [0, 0.05) is 12.8 Å². The van der Waals surface area contributed by atoms with E-state index in [0.717, 1.165) is 51.4 Å². The number of rotatable bonds is 79. The van der Waals surface area contributed by atoms with E-state index in [1.54, 1.807) is 6.08 Å². The van der Waals surface area contributed by atoms with Crippen LogP contribution in [0.2, 0.25) is 0 Å². The van der Waals surface area contributed by atoms with Crippen molar-refractivity contribution in [3.63, 3.8) is 0 Å². The van der Waals surface area contributed by atoms with E-state index in [2.05, 4.69) is 55.6 Å². The Balaban J connectivity index is 3.38. The molecular formula is C86H163NO5. The Morgan fingerprint density at radius 3 is 0.859 bits per heavy atom. The number of aliphatic hydroxyl groups excluding tert-OH is 2. The summed E-state index contributed by atoms with van der Waals surface area (Å²) in [5.74, 6) is -0.0465. The molecule has 2 unspecified atom stereocenters. The number of hydrogen-bond donors (Lipinski definition) is 3. The van der Waals surface area contributed by atoms with E-state index in [1.165, 1.54) is 385 Å². The molecule has 0 fully saturated rings. The molecule has 2 atom stereocenters. The quantitative estimate of drug-likeness (QED) is 0.0320. The predicted octanol–water partition coefficient (Wildman–Crippen LogP) is 27.9. The zero-order chi connectivity index (χ0) is 66.3. The van der Waals surface area contributed by atoms with Crippen LogP contribution >= 0.6 is 0 Å². The molecule has 542 valence electrons. The van der Waals surface area contributed by atoms with Gasteiger partial charge in [-0.25, -0.2) is 0 Å². The summed E-state index contributed by atoms with van der Waals surface area (Å²) in [5.41, 5.74) is 0. The van der Waals surface area contributed by atoms with Crippen molar-refractivity contribution in [1.82, 2.24) is 5.32 Å². The van der Waals surface area contributed by atoms with Crippen molar-refractivity contribution >= 4 is 11.9 Å². The average molecular weight is 1290 g/mol. The van der Waals surface area contributed by atoms with E-state index in [4.69, 9.17) is 4.74 Å². The Morgan fingerprint density at radius 1 is 0.304 bits per heavy atom. The molecule has 0 saturated heterocycles. The number of unbranched alkanes of at least 4 members (excludes halogenated alkanes) is 62. The van der Waals surface area contributed by atoms with Gasteiger partial charge in [0.15, 0.2) is 0 Å². The Labute approximate surface area is 576 Å². The van der Waals surface area contributed by atoms with Gasteiger partial charge in [0.2, 0.25) is 5.91 Å². The van der Waals surface area contributed by atoms with Crippen LogP contribution in [0.5, 0.6) is 0 Å². The van der Waals surface area contributed by atoms with Gasteiger partial charge >= 0.3 is 5.97 Å². The van der Waals surface area contributed by atoms with Gasteiger partial charge in [-0.2, -0.15) is 0 Å². The van der Waals surface area contributed by atoms with Gasteiger partial charge in [-0.3, -0.25) is 9.59 Å². The van der Waals surface area contributed by atoms with Crippen LogP contribution in [0.3, 0.4) is 0 Å². The van der Waals surface area contributed by atoms with Crippen LogP contribution in [0.15, 0.2) is 48.6 Å². The number of aliphatic hydroxyl groups is 2. The lowest BCUT2D eigenvalue weighted by Crippen LogP contribution is -2.45. The number of allylic oxidation sites excluding steroid dienone is 7. The fraction of sp³-hybridized carbons (Fsp3) is 0.884. The first kappa shape index (κ1) is 89.8. The van der Waals surface area contributed by atoms with Gasteiger partial charge < -0.3 is 20.3 Å². The summed E-state index contributed by atoms with van der Waals surface area (Å²) in [4.78, 5) is 24.7. The highest BCUT2D eigenvalue weighted by Gasteiger charge is 2.18. The predicted molar refractivity (Wildman–Crippen MR) is 407 cm³/mol. The minimum Gasteiger partial charge on any atom is -0.466 e. The van der Waals surface area contributed by atoms with Crippen LogP contribution in [-0.2, 0) is 14.3 Å². The first-order valence-electron chi connectivity index (χ1n) is 41.9. The summed E-state index contributed by atoms with van der Waals surface area (Å²) >= 11 is 0. The molecule has 0 radical (unpaired) electrons. The number of nitrogens with one attached hydrogen (secondary N) is 1. The number of amides is 1. The first-order chi connectivity index (χ1) is 45.5. The van der Waals surface area contributed by atoms with Crippen molar-refractivity contribution in [2.45, 2.75) is 475 Å². The van der Waals surface area contributed by atoms with Crippen molar-refractivity contribution in [2.24, 2.45) is 0 Å². The first-order valence-corrected chi connectivity index (χ1v) is 41.9. The summed E-state index contributed by atoms with van der Waals surface area (Å²) < 4.78 is 5.51.